The quantitative estimate of drug-likeness (QED) is 0.870. The van der Waals surface area contributed by atoms with E-state index in [0.29, 0.717) is 17.7 Å². The van der Waals surface area contributed by atoms with Gasteiger partial charge in [-0.2, -0.15) is 0 Å². The minimum absolute atomic E-state index is 0.154. The molecular weight excluding hydrogens is 298 g/mol. The number of carbonyl (C=O) groups is 2. The van der Waals surface area contributed by atoms with Gasteiger partial charge in [0, 0.05) is 10.5 Å². The van der Waals surface area contributed by atoms with E-state index >= 15 is 0 Å². The van der Waals surface area contributed by atoms with Crippen LogP contribution in [-0.4, -0.2) is 17.5 Å². The number of ether oxygens (including phenoxy) is 1. The van der Waals surface area contributed by atoms with Gasteiger partial charge in [0.2, 0.25) is 0 Å². The number of thiophene rings is 1. The monoisotopic (exact) mass is 319 g/mol. The summed E-state index contributed by atoms with van der Waals surface area (Å²) >= 11 is 1.61. The molecule has 2 aliphatic rings. The maximum absolute atomic E-state index is 12.7. The van der Waals surface area contributed by atoms with Crippen LogP contribution in [0.25, 0.3) is 0 Å². The summed E-state index contributed by atoms with van der Waals surface area (Å²) < 4.78 is 5.68. The van der Waals surface area contributed by atoms with Crippen LogP contribution >= 0.6 is 11.3 Å². The number of carbonyl (C=O) groups excluding carboxylic acids is 2. The predicted octanol–water partition coefficient (Wildman–Crippen LogP) is 3.33. The first-order valence-electron chi connectivity index (χ1n) is 7.88. The second-order valence-corrected chi connectivity index (χ2v) is 7.09. The first-order valence-corrected chi connectivity index (χ1v) is 8.76. The maximum atomic E-state index is 12.7. The molecule has 3 rings (SSSR count). The highest BCUT2D eigenvalue weighted by Crippen LogP contribution is 2.42. The number of amides is 1. The van der Waals surface area contributed by atoms with Gasteiger partial charge < -0.3 is 10.1 Å². The molecule has 1 amide bonds. The van der Waals surface area contributed by atoms with Crippen LogP contribution in [0.1, 0.15) is 50.3 Å². The fraction of sp³-hybridized carbons (Fsp3) is 0.529. The van der Waals surface area contributed by atoms with Crippen molar-refractivity contribution < 1.29 is 14.3 Å². The average molecular weight is 319 g/mol. The lowest BCUT2D eigenvalue weighted by Gasteiger charge is -2.29. The molecule has 1 fully saturated rings. The van der Waals surface area contributed by atoms with Crippen LogP contribution in [-0.2, 0) is 20.9 Å². The molecular formula is C17H21NO3S. The molecule has 5 heteroatoms. The summed E-state index contributed by atoms with van der Waals surface area (Å²) in [6, 6.07) is 3.95. The van der Waals surface area contributed by atoms with Crippen molar-refractivity contribution in [2.75, 3.05) is 0 Å². The third-order valence-corrected chi connectivity index (χ3v) is 5.44. The second kappa shape index (κ2) is 6.24. The van der Waals surface area contributed by atoms with E-state index in [4.69, 9.17) is 4.74 Å². The molecule has 1 N–H and O–H groups in total. The third-order valence-electron chi connectivity index (χ3n) is 4.57. The largest absolute Gasteiger partial charge is 0.451 e. The zero-order chi connectivity index (χ0) is 15.6. The van der Waals surface area contributed by atoms with E-state index in [1.165, 1.54) is 0 Å². The topological polar surface area (TPSA) is 55.4 Å². The maximum Gasteiger partial charge on any atom is 0.335 e. The molecule has 1 saturated carbocycles. The Bertz CT molecular complexity index is 595. The van der Waals surface area contributed by atoms with E-state index in [2.05, 4.69) is 5.32 Å². The number of nitrogens with one attached hydrogen (secondary N) is 1. The molecule has 2 heterocycles. The molecule has 4 nitrogen and oxygen atoms in total. The van der Waals surface area contributed by atoms with Crippen LogP contribution in [0.4, 0.5) is 0 Å². The van der Waals surface area contributed by atoms with E-state index in [9.17, 15) is 9.59 Å². The lowest BCUT2D eigenvalue weighted by atomic mass is 9.84. The molecule has 1 aliphatic heterocycles. The van der Waals surface area contributed by atoms with Crippen LogP contribution in [0, 0.1) is 0 Å². The van der Waals surface area contributed by atoms with Crippen molar-refractivity contribution >= 4 is 23.2 Å². The van der Waals surface area contributed by atoms with Gasteiger partial charge in [-0.05, 0) is 44.1 Å². The summed E-state index contributed by atoms with van der Waals surface area (Å²) in [7, 11) is 0. The first kappa shape index (κ1) is 15.3. The van der Waals surface area contributed by atoms with Crippen LogP contribution in [0.2, 0.25) is 0 Å². The van der Waals surface area contributed by atoms with Gasteiger partial charge >= 0.3 is 5.97 Å². The summed E-state index contributed by atoms with van der Waals surface area (Å²) in [5, 5.41) is 4.94. The van der Waals surface area contributed by atoms with Crippen molar-refractivity contribution in [2.24, 2.45) is 0 Å². The summed E-state index contributed by atoms with van der Waals surface area (Å²) in [6.07, 6.45) is 5.81. The van der Waals surface area contributed by atoms with Crippen molar-refractivity contribution in [3.63, 3.8) is 0 Å². The molecule has 0 unspecified atom stereocenters. The van der Waals surface area contributed by atoms with Gasteiger partial charge in [-0.15, -0.1) is 11.3 Å². The Balaban J connectivity index is 1.80. The van der Waals surface area contributed by atoms with E-state index in [1.54, 1.807) is 18.3 Å². The molecule has 0 bridgehead atoms. The third kappa shape index (κ3) is 2.82. The highest BCUT2D eigenvalue weighted by atomic mass is 32.1. The van der Waals surface area contributed by atoms with E-state index in [1.807, 2.05) is 17.5 Å². The number of hydrogen-bond donors (Lipinski definition) is 1. The molecule has 118 valence electrons. The van der Waals surface area contributed by atoms with Gasteiger partial charge in [0.25, 0.3) is 5.91 Å². The first-order chi connectivity index (χ1) is 10.6. The van der Waals surface area contributed by atoms with Gasteiger partial charge in [0.15, 0.2) is 0 Å². The molecule has 22 heavy (non-hydrogen) atoms. The average Bonchev–Trinajstić information content (AvgIpc) is 3.01. The Hall–Kier alpha value is -1.62. The standard InChI is InChI=1S/C17H21NO3S/c1-12-14(15(19)18-11-13-7-6-10-22-13)17(21-16(12)20)8-4-2-3-5-9-17/h6-7,10H,2-5,8-9,11H2,1H3,(H,18,19). The molecule has 1 aromatic heterocycles. The number of rotatable bonds is 3. The van der Waals surface area contributed by atoms with Crippen molar-refractivity contribution in [1.82, 2.24) is 5.32 Å². The molecule has 1 aromatic rings. The van der Waals surface area contributed by atoms with E-state index < -0.39 is 5.60 Å². The summed E-state index contributed by atoms with van der Waals surface area (Å²) in [4.78, 5) is 25.8. The van der Waals surface area contributed by atoms with E-state index in [0.717, 1.165) is 43.4 Å². The van der Waals surface area contributed by atoms with Crippen molar-refractivity contribution in [3.05, 3.63) is 33.5 Å². The van der Waals surface area contributed by atoms with Gasteiger partial charge in [0.05, 0.1) is 12.1 Å². The Morgan fingerprint density at radius 2 is 2.05 bits per heavy atom. The van der Waals surface area contributed by atoms with Gasteiger partial charge in [0.1, 0.15) is 5.60 Å². The Morgan fingerprint density at radius 1 is 1.32 bits per heavy atom. The molecule has 0 saturated heterocycles. The minimum atomic E-state index is -0.683. The zero-order valence-corrected chi connectivity index (χ0v) is 13.6. The molecule has 1 spiro atoms. The normalized spacial score (nSPS) is 20.9. The minimum Gasteiger partial charge on any atom is -0.451 e. The molecule has 0 aromatic carbocycles. The zero-order valence-electron chi connectivity index (χ0n) is 12.8. The smallest absolute Gasteiger partial charge is 0.335 e. The highest BCUT2D eigenvalue weighted by molar-refractivity contribution is 7.09. The number of esters is 1. The summed E-state index contributed by atoms with van der Waals surface area (Å²) in [5.74, 6) is -0.484. The molecule has 0 radical (unpaired) electrons. The van der Waals surface area contributed by atoms with Crippen LogP contribution in [0.3, 0.4) is 0 Å². The fourth-order valence-electron chi connectivity index (χ4n) is 3.45. The Labute approximate surface area is 134 Å². The lowest BCUT2D eigenvalue weighted by Crippen LogP contribution is -2.39. The van der Waals surface area contributed by atoms with E-state index in [-0.39, 0.29) is 11.9 Å². The molecule has 0 atom stereocenters. The molecule has 1 aliphatic carbocycles. The highest BCUT2D eigenvalue weighted by Gasteiger charge is 2.48. The van der Waals surface area contributed by atoms with Gasteiger partial charge in [-0.1, -0.05) is 18.9 Å². The lowest BCUT2D eigenvalue weighted by molar-refractivity contribution is -0.148. The summed E-state index contributed by atoms with van der Waals surface area (Å²) in [5.41, 5.74) is 0.360. The van der Waals surface area contributed by atoms with Crippen LogP contribution in [0.5, 0.6) is 0 Å². The SMILES string of the molecule is CC1=C(C(=O)NCc2cccs2)C2(CCCCCC2)OC1=O. The Morgan fingerprint density at radius 3 is 2.68 bits per heavy atom. The van der Waals surface area contributed by atoms with Crippen molar-refractivity contribution in [1.29, 1.82) is 0 Å². The van der Waals surface area contributed by atoms with Crippen molar-refractivity contribution in [3.8, 4) is 0 Å². The number of hydrogen-bond acceptors (Lipinski definition) is 4. The van der Waals surface area contributed by atoms with Crippen LogP contribution in [0.15, 0.2) is 28.7 Å². The summed E-state index contributed by atoms with van der Waals surface area (Å²) in [6.45, 7) is 2.21. The second-order valence-electron chi connectivity index (χ2n) is 6.06. The van der Waals surface area contributed by atoms with Crippen molar-refractivity contribution in [2.45, 2.75) is 57.6 Å². The van der Waals surface area contributed by atoms with Gasteiger partial charge in [-0.3, -0.25) is 4.79 Å². The predicted molar refractivity (Wildman–Crippen MR) is 85.4 cm³/mol. The van der Waals surface area contributed by atoms with Crippen LogP contribution < -0.4 is 5.32 Å². The van der Waals surface area contributed by atoms with Gasteiger partial charge in [-0.25, -0.2) is 4.79 Å². The fourth-order valence-corrected chi connectivity index (χ4v) is 4.09. The Kier molecular flexibility index (Phi) is 4.34.